The number of amides is 2. The first-order valence-electron chi connectivity index (χ1n) is 8.60. The van der Waals surface area contributed by atoms with Crippen LogP contribution in [0, 0.1) is 0 Å². The van der Waals surface area contributed by atoms with Crippen LogP contribution >= 0.6 is 0 Å². The number of ether oxygens (including phenoxy) is 4. The first-order valence-corrected chi connectivity index (χ1v) is 8.60. The van der Waals surface area contributed by atoms with Crippen LogP contribution in [0.5, 0.6) is 0 Å². The van der Waals surface area contributed by atoms with Crippen molar-refractivity contribution in [2.24, 2.45) is 0 Å². The topological polar surface area (TPSA) is 138 Å². The minimum absolute atomic E-state index is 0.0324. The minimum atomic E-state index is -0.903. The van der Waals surface area contributed by atoms with Gasteiger partial charge in [0.05, 0.1) is 65.7 Å². The van der Waals surface area contributed by atoms with Crippen LogP contribution in [0.15, 0.2) is 0 Å². The van der Waals surface area contributed by atoms with Crippen molar-refractivity contribution in [3.05, 3.63) is 0 Å². The third kappa shape index (κ3) is 11.3. The third-order valence-corrected chi connectivity index (χ3v) is 3.23. The van der Waals surface area contributed by atoms with Crippen LogP contribution in [-0.2, 0) is 43.0 Å². The zero-order valence-electron chi connectivity index (χ0n) is 15.1. The molecule has 0 aliphatic carbocycles. The predicted molar refractivity (Wildman–Crippen MR) is 87.3 cm³/mol. The fraction of sp³-hybridized carbons (Fsp3) is 0.750. The van der Waals surface area contributed by atoms with Crippen LogP contribution in [0.2, 0.25) is 0 Å². The maximum Gasteiger partial charge on any atom is 0.335 e. The number of carbonyl (C=O) groups is 4. The molecule has 0 aromatic rings. The normalized spacial score (nSPS) is 14.0. The van der Waals surface area contributed by atoms with Gasteiger partial charge in [-0.3, -0.25) is 14.4 Å². The Kier molecular flexibility index (Phi) is 11.9. The molecule has 0 bridgehead atoms. The van der Waals surface area contributed by atoms with Gasteiger partial charge in [-0.05, 0) is 0 Å². The number of aliphatic carboxylic acids is 1. The summed E-state index contributed by atoms with van der Waals surface area (Å²) in [6.45, 7) is 2.23. The van der Waals surface area contributed by atoms with E-state index in [1.54, 1.807) is 0 Å². The zero-order chi connectivity index (χ0) is 19.9. The highest BCUT2D eigenvalue weighted by Crippen LogP contribution is 2.12. The molecular formula is C16H25NO10. The predicted octanol–water partition coefficient (Wildman–Crippen LogP) is -0.475. The molecule has 1 aliphatic rings. The molecular weight excluding hydrogens is 366 g/mol. The Hall–Kier alpha value is -2.08. The summed E-state index contributed by atoms with van der Waals surface area (Å²) in [4.78, 5) is 49.0. The summed E-state index contributed by atoms with van der Waals surface area (Å²) < 4.78 is 20.7. The molecule has 1 saturated heterocycles. The molecule has 1 rings (SSSR count). The van der Waals surface area contributed by atoms with E-state index in [1.165, 1.54) is 0 Å². The fourth-order valence-corrected chi connectivity index (χ4v) is 1.88. The molecule has 0 aromatic carbocycles. The number of hydroxylamine groups is 2. The number of hydrogen-bond donors (Lipinski definition) is 1. The Labute approximate surface area is 156 Å². The fourth-order valence-electron chi connectivity index (χ4n) is 1.88. The van der Waals surface area contributed by atoms with Crippen LogP contribution in [-0.4, -0.2) is 86.8 Å². The van der Waals surface area contributed by atoms with E-state index in [-0.39, 0.29) is 45.5 Å². The van der Waals surface area contributed by atoms with E-state index in [0.29, 0.717) is 38.1 Å². The Morgan fingerprint density at radius 1 is 0.741 bits per heavy atom. The molecule has 0 spiro atoms. The van der Waals surface area contributed by atoms with Gasteiger partial charge >= 0.3 is 11.9 Å². The lowest BCUT2D eigenvalue weighted by Gasteiger charge is -2.12. The first-order chi connectivity index (χ1) is 13.0. The zero-order valence-corrected chi connectivity index (χ0v) is 15.1. The summed E-state index contributed by atoms with van der Waals surface area (Å²) in [5.41, 5.74) is 0. The van der Waals surface area contributed by atoms with Crippen molar-refractivity contribution < 1.29 is 48.1 Å². The van der Waals surface area contributed by atoms with Crippen LogP contribution in [0.4, 0.5) is 0 Å². The lowest BCUT2D eigenvalue weighted by Crippen LogP contribution is -2.32. The number of carboxylic acids is 1. The number of carbonyl (C=O) groups excluding carboxylic acids is 3. The van der Waals surface area contributed by atoms with Crippen molar-refractivity contribution in [1.82, 2.24) is 5.06 Å². The first kappa shape index (κ1) is 23.0. The van der Waals surface area contributed by atoms with E-state index in [2.05, 4.69) is 4.84 Å². The molecule has 0 aromatic heterocycles. The van der Waals surface area contributed by atoms with Crippen LogP contribution < -0.4 is 0 Å². The third-order valence-electron chi connectivity index (χ3n) is 3.23. The average molecular weight is 391 g/mol. The number of rotatable bonds is 16. The highest BCUT2D eigenvalue weighted by Gasteiger charge is 2.32. The van der Waals surface area contributed by atoms with E-state index in [1.807, 2.05) is 0 Å². The monoisotopic (exact) mass is 391 g/mol. The smallest absolute Gasteiger partial charge is 0.335 e. The Bertz CT molecular complexity index is 480. The summed E-state index contributed by atoms with van der Waals surface area (Å²) in [6, 6.07) is 0. The quantitative estimate of drug-likeness (QED) is 0.271. The van der Waals surface area contributed by atoms with Crippen LogP contribution in [0.25, 0.3) is 0 Å². The van der Waals surface area contributed by atoms with Crippen molar-refractivity contribution >= 4 is 23.8 Å². The minimum Gasteiger partial charge on any atom is -0.481 e. The standard InChI is InChI=1S/C16H25NO10/c18-13-1-2-14(19)17(13)27-16(22)4-6-24-8-10-26-12-11-25-9-7-23-5-3-15(20)21/h1-12H2,(H,20,21). The van der Waals surface area contributed by atoms with Gasteiger partial charge in [0, 0.05) is 12.8 Å². The van der Waals surface area contributed by atoms with Gasteiger partial charge in [0.15, 0.2) is 0 Å². The maximum absolute atomic E-state index is 11.5. The van der Waals surface area contributed by atoms with Gasteiger partial charge in [0.25, 0.3) is 11.8 Å². The van der Waals surface area contributed by atoms with Crippen molar-refractivity contribution in [2.45, 2.75) is 25.7 Å². The second-order valence-corrected chi connectivity index (χ2v) is 5.39. The molecule has 0 unspecified atom stereocenters. The van der Waals surface area contributed by atoms with E-state index in [4.69, 9.17) is 24.1 Å². The molecule has 0 atom stereocenters. The largest absolute Gasteiger partial charge is 0.481 e. The molecule has 1 heterocycles. The molecule has 11 nitrogen and oxygen atoms in total. The molecule has 154 valence electrons. The number of hydrogen-bond acceptors (Lipinski definition) is 9. The number of nitrogens with zero attached hydrogens (tertiary/aromatic N) is 1. The highest BCUT2D eigenvalue weighted by molar-refractivity contribution is 6.01. The van der Waals surface area contributed by atoms with E-state index in [0.717, 1.165) is 0 Å². The van der Waals surface area contributed by atoms with Gasteiger partial charge in [0.2, 0.25) is 0 Å². The second-order valence-electron chi connectivity index (χ2n) is 5.39. The SMILES string of the molecule is O=C(O)CCOCCOCCOCCOCCC(=O)ON1C(=O)CCC1=O. The molecule has 27 heavy (non-hydrogen) atoms. The molecule has 1 N–H and O–H groups in total. The van der Waals surface area contributed by atoms with E-state index >= 15 is 0 Å². The van der Waals surface area contributed by atoms with Crippen LogP contribution in [0.3, 0.4) is 0 Å². The van der Waals surface area contributed by atoms with Crippen LogP contribution in [0.1, 0.15) is 25.7 Å². The number of imide groups is 1. The van der Waals surface area contributed by atoms with Gasteiger partial charge in [-0.1, -0.05) is 0 Å². The Morgan fingerprint density at radius 2 is 1.15 bits per heavy atom. The van der Waals surface area contributed by atoms with E-state index < -0.39 is 23.8 Å². The van der Waals surface area contributed by atoms with E-state index in [9.17, 15) is 19.2 Å². The summed E-state index contributed by atoms with van der Waals surface area (Å²) >= 11 is 0. The van der Waals surface area contributed by atoms with Crippen molar-refractivity contribution in [3.8, 4) is 0 Å². The lowest BCUT2D eigenvalue weighted by molar-refractivity contribution is -0.198. The van der Waals surface area contributed by atoms with Gasteiger partial charge in [-0.25, -0.2) is 4.79 Å². The molecule has 1 fully saturated rings. The molecule has 11 heteroatoms. The lowest BCUT2D eigenvalue weighted by atomic mass is 10.4. The van der Waals surface area contributed by atoms with Gasteiger partial charge < -0.3 is 28.9 Å². The summed E-state index contributed by atoms with van der Waals surface area (Å²) in [6.07, 6.45) is 0.000212. The molecule has 1 aliphatic heterocycles. The van der Waals surface area contributed by atoms with Crippen molar-refractivity contribution in [1.29, 1.82) is 0 Å². The molecule has 2 amide bonds. The Morgan fingerprint density at radius 3 is 1.59 bits per heavy atom. The van der Waals surface area contributed by atoms with Crippen molar-refractivity contribution in [2.75, 3.05) is 52.9 Å². The Balaban J connectivity index is 1.82. The maximum atomic E-state index is 11.5. The molecule has 0 saturated carbocycles. The van der Waals surface area contributed by atoms with Crippen molar-refractivity contribution in [3.63, 3.8) is 0 Å². The highest BCUT2D eigenvalue weighted by atomic mass is 16.7. The van der Waals surface area contributed by atoms with Gasteiger partial charge in [-0.2, -0.15) is 0 Å². The van der Waals surface area contributed by atoms with Gasteiger partial charge in [-0.15, -0.1) is 5.06 Å². The second kappa shape index (κ2) is 14.0. The summed E-state index contributed by atoms with van der Waals surface area (Å²) in [5.74, 6) is -2.65. The summed E-state index contributed by atoms with van der Waals surface area (Å²) in [7, 11) is 0. The average Bonchev–Trinajstić information content (AvgIpc) is 2.93. The summed E-state index contributed by atoms with van der Waals surface area (Å²) in [5, 5.41) is 8.91. The molecule has 0 radical (unpaired) electrons. The van der Waals surface area contributed by atoms with Gasteiger partial charge in [0.1, 0.15) is 0 Å². The number of carboxylic acid groups (broad SMARTS) is 1.